The number of carbonyl (C=O) groups excluding carboxylic acids is 1. The van der Waals surface area contributed by atoms with Gasteiger partial charge in [-0.3, -0.25) is 9.59 Å². The van der Waals surface area contributed by atoms with Gasteiger partial charge in [-0.15, -0.1) is 5.10 Å². The van der Waals surface area contributed by atoms with Gasteiger partial charge in [0.2, 0.25) is 5.91 Å². The first-order valence-electron chi connectivity index (χ1n) is 10.1. The molecule has 1 amide bonds. The van der Waals surface area contributed by atoms with Crippen molar-refractivity contribution in [2.24, 2.45) is 5.92 Å². The molecule has 3 rings (SSSR count). The van der Waals surface area contributed by atoms with Crippen molar-refractivity contribution in [2.45, 2.75) is 40.0 Å². The first kappa shape index (κ1) is 20.1. The largest absolute Gasteiger partial charge is 0.352 e. The molecule has 28 heavy (non-hydrogen) atoms. The standard InChI is InChI=1S/C22H30N4O2/c1-16(2)15-22(28)25-13-11-24(12-14-25)20-9-10-21(27)26(23-20)19-7-5-18(6-8-19)17(3)4/h5-10,16-17H,11-15H2,1-4H3. The van der Waals surface area contributed by atoms with Gasteiger partial charge in [0.1, 0.15) is 5.82 Å². The molecule has 0 unspecified atom stereocenters. The highest BCUT2D eigenvalue weighted by Gasteiger charge is 2.22. The molecule has 0 atom stereocenters. The Hall–Kier alpha value is -2.63. The van der Waals surface area contributed by atoms with Gasteiger partial charge in [0.05, 0.1) is 5.69 Å². The lowest BCUT2D eigenvalue weighted by atomic mass is 10.0. The molecular weight excluding hydrogens is 352 g/mol. The van der Waals surface area contributed by atoms with Crippen molar-refractivity contribution in [3.05, 3.63) is 52.3 Å². The zero-order valence-electron chi connectivity index (χ0n) is 17.3. The fourth-order valence-electron chi connectivity index (χ4n) is 3.42. The minimum Gasteiger partial charge on any atom is -0.352 e. The Morgan fingerprint density at radius 1 is 0.964 bits per heavy atom. The molecule has 1 aromatic heterocycles. The minimum atomic E-state index is -0.146. The zero-order chi connectivity index (χ0) is 20.3. The van der Waals surface area contributed by atoms with E-state index in [1.165, 1.54) is 10.2 Å². The number of nitrogens with zero attached hydrogens (tertiary/aromatic N) is 4. The van der Waals surface area contributed by atoms with E-state index in [2.05, 4.69) is 37.7 Å². The molecule has 2 aromatic rings. The summed E-state index contributed by atoms with van der Waals surface area (Å²) in [5.74, 6) is 1.80. The van der Waals surface area contributed by atoms with Gasteiger partial charge >= 0.3 is 0 Å². The van der Waals surface area contributed by atoms with Crippen LogP contribution in [0, 0.1) is 5.92 Å². The van der Waals surface area contributed by atoms with Crippen LogP contribution in [0.4, 0.5) is 5.82 Å². The van der Waals surface area contributed by atoms with Crippen LogP contribution in [0.5, 0.6) is 0 Å². The van der Waals surface area contributed by atoms with E-state index in [0.717, 1.165) is 24.6 Å². The van der Waals surface area contributed by atoms with Crippen LogP contribution in [0.15, 0.2) is 41.2 Å². The average molecular weight is 383 g/mol. The topological polar surface area (TPSA) is 58.4 Å². The van der Waals surface area contributed by atoms with E-state index in [-0.39, 0.29) is 11.5 Å². The summed E-state index contributed by atoms with van der Waals surface area (Å²) in [5.41, 5.74) is 1.85. The maximum absolute atomic E-state index is 12.3. The van der Waals surface area contributed by atoms with Crippen molar-refractivity contribution in [2.75, 3.05) is 31.1 Å². The first-order chi connectivity index (χ1) is 13.3. The molecular formula is C22H30N4O2. The monoisotopic (exact) mass is 382 g/mol. The van der Waals surface area contributed by atoms with Crippen molar-refractivity contribution in [1.82, 2.24) is 14.7 Å². The molecule has 0 bridgehead atoms. The predicted molar refractivity (Wildman–Crippen MR) is 112 cm³/mol. The maximum Gasteiger partial charge on any atom is 0.271 e. The molecule has 1 aliphatic heterocycles. The van der Waals surface area contributed by atoms with Gasteiger partial charge in [0, 0.05) is 38.7 Å². The number of benzene rings is 1. The van der Waals surface area contributed by atoms with E-state index >= 15 is 0 Å². The molecule has 2 heterocycles. The van der Waals surface area contributed by atoms with E-state index in [4.69, 9.17) is 0 Å². The van der Waals surface area contributed by atoms with Crippen LogP contribution in [0.1, 0.15) is 45.6 Å². The summed E-state index contributed by atoms with van der Waals surface area (Å²) in [4.78, 5) is 28.7. The summed E-state index contributed by atoms with van der Waals surface area (Å²) >= 11 is 0. The molecule has 1 aliphatic rings. The molecule has 0 aliphatic carbocycles. The second kappa shape index (κ2) is 8.59. The van der Waals surface area contributed by atoms with Crippen LogP contribution < -0.4 is 10.5 Å². The lowest BCUT2D eigenvalue weighted by Crippen LogP contribution is -2.49. The molecule has 6 nitrogen and oxygen atoms in total. The van der Waals surface area contributed by atoms with Crippen LogP contribution in [-0.4, -0.2) is 46.8 Å². The van der Waals surface area contributed by atoms with Crippen LogP contribution in [-0.2, 0) is 4.79 Å². The highest BCUT2D eigenvalue weighted by molar-refractivity contribution is 5.76. The predicted octanol–water partition coefficient (Wildman–Crippen LogP) is 3.05. The maximum atomic E-state index is 12.3. The molecule has 0 radical (unpaired) electrons. The Morgan fingerprint density at radius 2 is 1.61 bits per heavy atom. The van der Waals surface area contributed by atoms with Crippen LogP contribution >= 0.6 is 0 Å². The van der Waals surface area contributed by atoms with Crippen LogP contribution in [0.3, 0.4) is 0 Å². The molecule has 1 saturated heterocycles. The second-order valence-electron chi connectivity index (χ2n) is 8.15. The van der Waals surface area contributed by atoms with E-state index in [9.17, 15) is 9.59 Å². The Bertz CT molecular complexity index is 863. The number of aromatic nitrogens is 2. The average Bonchev–Trinajstić information content (AvgIpc) is 2.68. The molecule has 6 heteroatoms. The second-order valence-corrected chi connectivity index (χ2v) is 8.15. The number of hydrogen-bond acceptors (Lipinski definition) is 4. The third kappa shape index (κ3) is 4.61. The molecule has 150 valence electrons. The van der Waals surface area contributed by atoms with E-state index < -0.39 is 0 Å². The number of amides is 1. The van der Waals surface area contributed by atoms with Crippen molar-refractivity contribution in [3.63, 3.8) is 0 Å². The summed E-state index contributed by atoms with van der Waals surface area (Å²) in [6, 6.07) is 11.3. The van der Waals surface area contributed by atoms with Gasteiger partial charge in [0.25, 0.3) is 5.56 Å². The van der Waals surface area contributed by atoms with Gasteiger partial charge < -0.3 is 9.80 Å². The Kier molecular flexibility index (Phi) is 6.17. The molecule has 0 saturated carbocycles. The third-order valence-corrected chi connectivity index (χ3v) is 5.13. The number of piperazine rings is 1. The van der Waals surface area contributed by atoms with Crippen molar-refractivity contribution in [3.8, 4) is 5.69 Å². The van der Waals surface area contributed by atoms with Crippen LogP contribution in [0.2, 0.25) is 0 Å². The highest BCUT2D eigenvalue weighted by Crippen LogP contribution is 2.18. The Morgan fingerprint density at radius 3 is 2.18 bits per heavy atom. The number of hydrogen-bond donors (Lipinski definition) is 0. The van der Waals surface area contributed by atoms with E-state index in [0.29, 0.717) is 31.3 Å². The minimum absolute atomic E-state index is 0.146. The van der Waals surface area contributed by atoms with Crippen molar-refractivity contribution >= 4 is 11.7 Å². The molecule has 0 N–H and O–H groups in total. The van der Waals surface area contributed by atoms with Crippen molar-refractivity contribution in [1.29, 1.82) is 0 Å². The smallest absolute Gasteiger partial charge is 0.271 e. The zero-order valence-corrected chi connectivity index (χ0v) is 17.3. The summed E-state index contributed by atoms with van der Waals surface area (Å²) in [5, 5.41) is 4.59. The normalized spacial score (nSPS) is 14.8. The number of rotatable bonds is 5. The van der Waals surface area contributed by atoms with E-state index in [1.807, 2.05) is 29.2 Å². The highest BCUT2D eigenvalue weighted by atomic mass is 16.2. The first-order valence-corrected chi connectivity index (χ1v) is 10.1. The Balaban J connectivity index is 1.74. The Labute approximate surface area is 166 Å². The van der Waals surface area contributed by atoms with Gasteiger partial charge in [-0.25, -0.2) is 0 Å². The SMILES string of the molecule is CC(C)CC(=O)N1CCN(c2ccc(=O)n(-c3ccc(C(C)C)cc3)n2)CC1. The van der Waals surface area contributed by atoms with E-state index in [1.54, 1.807) is 12.1 Å². The third-order valence-electron chi connectivity index (χ3n) is 5.13. The number of carbonyl (C=O) groups is 1. The fraction of sp³-hybridized carbons (Fsp3) is 0.500. The summed E-state index contributed by atoms with van der Waals surface area (Å²) < 4.78 is 1.45. The van der Waals surface area contributed by atoms with Crippen LogP contribution in [0.25, 0.3) is 5.69 Å². The van der Waals surface area contributed by atoms with Gasteiger partial charge in [0.15, 0.2) is 0 Å². The lowest BCUT2D eigenvalue weighted by Gasteiger charge is -2.35. The molecule has 0 spiro atoms. The summed E-state index contributed by atoms with van der Waals surface area (Å²) in [6.07, 6.45) is 0.593. The molecule has 1 aromatic carbocycles. The summed E-state index contributed by atoms with van der Waals surface area (Å²) in [7, 11) is 0. The number of anilines is 1. The van der Waals surface area contributed by atoms with Gasteiger partial charge in [-0.2, -0.15) is 4.68 Å². The fourth-order valence-corrected chi connectivity index (χ4v) is 3.42. The quantitative estimate of drug-likeness (QED) is 0.798. The lowest BCUT2D eigenvalue weighted by molar-refractivity contribution is -0.132. The molecule has 1 fully saturated rings. The van der Waals surface area contributed by atoms with Crippen molar-refractivity contribution < 1.29 is 4.79 Å². The summed E-state index contributed by atoms with van der Waals surface area (Å²) in [6.45, 7) is 11.2. The van der Waals surface area contributed by atoms with Gasteiger partial charge in [-0.1, -0.05) is 39.8 Å². The van der Waals surface area contributed by atoms with Gasteiger partial charge in [-0.05, 0) is 35.6 Å².